The van der Waals surface area contributed by atoms with Gasteiger partial charge in [0.05, 0.1) is 12.7 Å². The highest BCUT2D eigenvalue weighted by Gasteiger charge is 2.56. The van der Waals surface area contributed by atoms with E-state index < -0.39 is 23.8 Å². The van der Waals surface area contributed by atoms with E-state index in [9.17, 15) is 19.8 Å². The molecule has 0 unspecified atom stereocenters. The molecule has 4 N–H and O–H groups in total. The largest absolute Gasteiger partial charge is 0.465 e. The molecular formula is C22H28N4O4. The number of aliphatic hydroxyl groups is 1. The second kappa shape index (κ2) is 9.23. The molecule has 8 heteroatoms. The van der Waals surface area contributed by atoms with Crippen molar-refractivity contribution in [2.75, 3.05) is 6.67 Å². The molecule has 1 saturated heterocycles. The van der Waals surface area contributed by atoms with Crippen LogP contribution in [0.3, 0.4) is 0 Å². The minimum atomic E-state index is -1.30. The molecule has 2 aromatic rings. The number of nitrogens with zero attached hydrogens (tertiary/aromatic N) is 2. The Morgan fingerprint density at radius 1 is 1.20 bits per heavy atom. The van der Waals surface area contributed by atoms with Crippen LogP contribution in [-0.4, -0.2) is 56.5 Å². The summed E-state index contributed by atoms with van der Waals surface area (Å²) in [6, 6.07) is 12.1. The summed E-state index contributed by atoms with van der Waals surface area (Å²) in [5.74, 6) is -0.511. The number of benzene rings is 1. The topological polar surface area (TPSA) is 115 Å². The smallest absolute Gasteiger partial charge is 0.404 e. The summed E-state index contributed by atoms with van der Waals surface area (Å²) >= 11 is 0. The molecule has 160 valence electrons. The van der Waals surface area contributed by atoms with Gasteiger partial charge in [-0.25, -0.2) is 4.79 Å². The maximum absolute atomic E-state index is 13.5. The van der Waals surface area contributed by atoms with E-state index in [-0.39, 0.29) is 24.9 Å². The first-order valence-electron chi connectivity index (χ1n) is 9.99. The number of hydrogen-bond acceptors (Lipinski definition) is 5. The second-order valence-corrected chi connectivity index (χ2v) is 7.91. The van der Waals surface area contributed by atoms with Crippen molar-refractivity contribution >= 4 is 12.0 Å². The van der Waals surface area contributed by atoms with Crippen LogP contribution in [0, 0.1) is 5.92 Å². The number of nitrogens with one attached hydrogen (secondary N) is 2. The second-order valence-electron chi connectivity index (χ2n) is 7.91. The quantitative estimate of drug-likeness (QED) is 0.524. The molecule has 3 atom stereocenters. The van der Waals surface area contributed by atoms with Gasteiger partial charge in [0.1, 0.15) is 11.6 Å². The lowest BCUT2D eigenvalue weighted by Crippen LogP contribution is -2.66. The fourth-order valence-corrected chi connectivity index (χ4v) is 4.08. The molecule has 1 aromatic carbocycles. The number of aliphatic hydroxyl groups excluding tert-OH is 1. The average molecular weight is 412 g/mol. The zero-order valence-corrected chi connectivity index (χ0v) is 17.2. The van der Waals surface area contributed by atoms with E-state index in [0.29, 0.717) is 6.54 Å². The highest BCUT2D eigenvalue weighted by atomic mass is 16.4. The molecule has 2 heterocycles. The van der Waals surface area contributed by atoms with Crippen molar-refractivity contribution in [3.8, 4) is 0 Å². The minimum absolute atomic E-state index is 0.243. The summed E-state index contributed by atoms with van der Waals surface area (Å²) < 4.78 is 0. The highest BCUT2D eigenvalue weighted by molar-refractivity contribution is 5.89. The maximum atomic E-state index is 13.5. The van der Waals surface area contributed by atoms with Crippen LogP contribution >= 0.6 is 0 Å². The van der Waals surface area contributed by atoms with Gasteiger partial charge in [0, 0.05) is 18.9 Å². The molecule has 0 spiro atoms. The van der Waals surface area contributed by atoms with Gasteiger partial charge in [0.15, 0.2) is 0 Å². The standard InChI is InChI=1S/C22H28N4O4/c1-15(2)22(20(28)26(14-24-22)13-17-8-10-23-11-9-17)19(27)18(25-21(29)30)12-16-6-4-3-5-7-16/h3-11,15,18-19,24-25,27H,12-14H2,1-2H3,(H,29,30)/t18-,19+,22-/m0/s1. The molecule has 8 nitrogen and oxygen atoms in total. The van der Waals surface area contributed by atoms with Gasteiger partial charge in [0.25, 0.3) is 0 Å². The maximum Gasteiger partial charge on any atom is 0.404 e. The van der Waals surface area contributed by atoms with Gasteiger partial charge >= 0.3 is 6.09 Å². The van der Waals surface area contributed by atoms with E-state index in [1.54, 1.807) is 17.3 Å². The van der Waals surface area contributed by atoms with Crippen LogP contribution in [0.5, 0.6) is 0 Å². The molecule has 30 heavy (non-hydrogen) atoms. The fourth-order valence-electron chi connectivity index (χ4n) is 4.08. The van der Waals surface area contributed by atoms with Gasteiger partial charge in [-0.3, -0.25) is 15.1 Å². The van der Waals surface area contributed by atoms with E-state index in [1.807, 2.05) is 56.3 Å². The normalized spacial score (nSPS) is 20.9. The summed E-state index contributed by atoms with van der Waals surface area (Å²) in [4.78, 5) is 30.5. The van der Waals surface area contributed by atoms with Gasteiger partial charge in [-0.2, -0.15) is 0 Å². The summed E-state index contributed by atoms with van der Waals surface area (Å²) in [5.41, 5.74) is 0.501. The summed E-state index contributed by atoms with van der Waals surface area (Å²) in [5, 5.41) is 26.3. The zero-order chi connectivity index (χ0) is 21.7. The Bertz CT molecular complexity index is 862. The van der Waals surface area contributed by atoms with E-state index in [0.717, 1.165) is 11.1 Å². The number of hydrogen-bond donors (Lipinski definition) is 4. The van der Waals surface area contributed by atoms with Crippen molar-refractivity contribution in [1.82, 2.24) is 20.5 Å². The van der Waals surface area contributed by atoms with Gasteiger partial charge in [-0.1, -0.05) is 44.2 Å². The van der Waals surface area contributed by atoms with Crippen LogP contribution in [0.2, 0.25) is 0 Å². The van der Waals surface area contributed by atoms with Crippen molar-refractivity contribution in [3.05, 3.63) is 66.0 Å². The van der Waals surface area contributed by atoms with Crippen LogP contribution < -0.4 is 10.6 Å². The third-order valence-corrected chi connectivity index (χ3v) is 5.69. The monoisotopic (exact) mass is 412 g/mol. The zero-order valence-electron chi connectivity index (χ0n) is 17.2. The van der Waals surface area contributed by atoms with Crippen molar-refractivity contribution in [2.24, 2.45) is 5.92 Å². The van der Waals surface area contributed by atoms with Crippen LogP contribution in [0.1, 0.15) is 25.0 Å². The number of rotatable bonds is 8. The molecule has 0 radical (unpaired) electrons. The number of aromatic nitrogens is 1. The number of carbonyl (C=O) groups excluding carboxylic acids is 1. The molecule has 1 aliphatic heterocycles. The molecule has 1 aliphatic rings. The highest BCUT2D eigenvalue weighted by Crippen LogP contribution is 2.32. The van der Waals surface area contributed by atoms with Gasteiger partial charge < -0.3 is 20.4 Å². The SMILES string of the molecule is CC(C)[C@@]1([C@H](O)[C@H](Cc2ccccc2)NC(=O)O)NCN(Cc2ccncc2)C1=O. The number of carboxylic acid groups (broad SMARTS) is 1. The first-order valence-corrected chi connectivity index (χ1v) is 9.99. The van der Waals surface area contributed by atoms with Crippen molar-refractivity contribution < 1.29 is 19.8 Å². The molecule has 1 aromatic heterocycles. The molecular weight excluding hydrogens is 384 g/mol. The Labute approximate surface area is 175 Å². The Morgan fingerprint density at radius 2 is 1.87 bits per heavy atom. The van der Waals surface area contributed by atoms with E-state index in [2.05, 4.69) is 15.6 Å². The first-order chi connectivity index (χ1) is 14.3. The van der Waals surface area contributed by atoms with Crippen molar-refractivity contribution in [3.63, 3.8) is 0 Å². The van der Waals surface area contributed by atoms with Gasteiger partial charge in [-0.15, -0.1) is 0 Å². The first kappa shape index (κ1) is 21.7. The third kappa shape index (κ3) is 4.44. The van der Waals surface area contributed by atoms with Gasteiger partial charge in [-0.05, 0) is 35.6 Å². The predicted molar refractivity (Wildman–Crippen MR) is 111 cm³/mol. The van der Waals surface area contributed by atoms with Crippen LogP contribution in [0.15, 0.2) is 54.9 Å². The molecule has 2 amide bonds. The Balaban J connectivity index is 1.86. The fraction of sp³-hybridized carbons (Fsp3) is 0.409. The van der Waals surface area contributed by atoms with E-state index in [4.69, 9.17) is 0 Å². The van der Waals surface area contributed by atoms with Crippen molar-refractivity contribution in [2.45, 2.75) is 44.5 Å². The minimum Gasteiger partial charge on any atom is -0.465 e. The Kier molecular flexibility index (Phi) is 6.69. The van der Waals surface area contributed by atoms with Crippen LogP contribution in [0.25, 0.3) is 0 Å². The Hall–Kier alpha value is -2.97. The van der Waals surface area contributed by atoms with Gasteiger partial charge in [0.2, 0.25) is 5.91 Å². The number of carbonyl (C=O) groups is 2. The summed E-state index contributed by atoms with van der Waals surface area (Å²) in [6.07, 6.45) is 1.10. The molecule has 0 aliphatic carbocycles. The predicted octanol–water partition coefficient (Wildman–Crippen LogP) is 1.61. The van der Waals surface area contributed by atoms with Crippen LogP contribution in [0.4, 0.5) is 4.79 Å². The Morgan fingerprint density at radius 3 is 2.47 bits per heavy atom. The number of amides is 2. The van der Waals surface area contributed by atoms with E-state index >= 15 is 0 Å². The summed E-state index contributed by atoms with van der Waals surface area (Å²) in [7, 11) is 0. The van der Waals surface area contributed by atoms with Crippen molar-refractivity contribution in [1.29, 1.82) is 0 Å². The molecule has 1 fully saturated rings. The third-order valence-electron chi connectivity index (χ3n) is 5.69. The lowest BCUT2D eigenvalue weighted by molar-refractivity contribution is -0.140. The lowest BCUT2D eigenvalue weighted by Gasteiger charge is -2.40. The molecule has 3 rings (SSSR count). The molecule has 0 saturated carbocycles. The summed E-state index contributed by atoms with van der Waals surface area (Å²) in [6.45, 7) is 4.35. The lowest BCUT2D eigenvalue weighted by atomic mass is 9.76. The van der Waals surface area contributed by atoms with E-state index in [1.165, 1.54) is 0 Å². The molecule has 0 bridgehead atoms. The number of pyridine rings is 1. The van der Waals surface area contributed by atoms with Crippen LogP contribution in [-0.2, 0) is 17.8 Å². The average Bonchev–Trinajstić information content (AvgIpc) is 3.05.